The molecule has 0 aliphatic rings. The molecule has 1 unspecified atom stereocenters. The molecule has 0 saturated carbocycles. The van der Waals surface area contributed by atoms with E-state index in [1.807, 2.05) is 6.92 Å². The van der Waals surface area contributed by atoms with Crippen LogP contribution in [-0.2, 0) is 9.59 Å². The molecule has 94 valence electrons. The summed E-state index contributed by atoms with van der Waals surface area (Å²) >= 11 is 1.36. The number of thioether (sulfide) groups is 1. The Labute approximate surface area is 100 Å². The lowest BCUT2D eigenvalue weighted by Crippen LogP contribution is -2.29. The molecule has 0 aliphatic heterocycles. The minimum absolute atomic E-state index is 0.0261. The predicted molar refractivity (Wildman–Crippen MR) is 65.0 cm³/mol. The smallest absolute Gasteiger partial charge is 0.227 e. The van der Waals surface area contributed by atoms with E-state index in [1.54, 1.807) is 0 Å². The zero-order valence-corrected chi connectivity index (χ0v) is 10.4. The maximum atomic E-state index is 11.3. The van der Waals surface area contributed by atoms with Gasteiger partial charge in [-0.05, 0) is 12.3 Å². The molecule has 0 radical (unpaired) electrons. The topological polar surface area (TPSA) is 92.4 Å². The second-order valence-electron chi connectivity index (χ2n) is 3.69. The number of carbonyl (C=O) groups excluding carboxylic acids is 2. The normalized spacial score (nSPS) is 12.1. The van der Waals surface area contributed by atoms with Gasteiger partial charge in [-0.2, -0.15) is 11.8 Å². The highest BCUT2D eigenvalue weighted by atomic mass is 32.2. The van der Waals surface area contributed by atoms with Crippen molar-refractivity contribution in [3.8, 4) is 0 Å². The van der Waals surface area contributed by atoms with Gasteiger partial charge in [0, 0.05) is 25.3 Å². The standard InChI is InChI=1S/C10H20N2O3S/c1-8(2-4-13)6-12-10(15)3-5-16-7-9(11)14/h8,13H,2-7H2,1H3,(H2,11,14)(H,12,15). The Kier molecular flexibility index (Phi) is 9.03. The summed E-state index contributed by atoms with van der Waals surface area (Å²) in [5.41, 5.74) is 4.96. The van der Waals surface area contributed by atoms with E-state index in [4.69, 9.17) is 10.8 Å². The molecule has 0 spiro atoms. The average Bonchev–Trinajstić information content (AvgIpc) is 2.22. The van der Waals surface area contributed by atoms with Crippen molar-refractivity contribution in [3.05, 3.63) is 0 Å². The van der Waals surface area contributed by atoms with Gasteiger partial charge in [-0.3, -0.25) is 9.59 Å². The molecule has 0 saturated heterocycles. The number of nitrogens with one attached hydrogen (secondary N) is 1. The van der Waals surface area contributed by atoms with Crippen molar-refractivity contribution in [2.75, 3.05) is 24.7 Å². The van der Waals surface area contributed by atoms with Gasteiger partial charge in [-0.15, -0.1) is 0 Å². The number of rotatable bonds is 9. The van der Waals surface area contributed by atoms with Crippen LogP contribution in [0.15, 0.2) is 0 Å². The summed E-state index contributed by atoms with van der Waals surface area (Å²) in [4.78, 5) is 21.7. The molecule has 6 heteroatoms. The number of aliphatic hydroxyl groups is 1. The molecule has 0 fully saturated rings. The highest BCUT2D eigenvalue weighted by Gasteiger charge is 2.05. The fraction of sp³-hybridized carbons (Fsp3) is 0.800. The summed E-state index contributed by atoms with van der Waals surface area (Å²) in [5.74, 6) is 0.758. The minimum atomic E-state index is -0.359. The van der Waals surface area contributed by atoms with Crippen molar-refractivity contribution in [1.29, 1.82) is 0 Å². The van der Waals surface area contributed by atoms with Crippen LogP contribution in [0.3, 0.4) is 0 Å². The van der Waals surface area contributed by atoms with Crippen molar-refractivity contribution >= 4 is 23.6 Å². The predicted octanol–water partition coefficient (Wildman–Crippen LogP) is -0.270. The van der Waals surface area contributed by atoms with Crippen molar-refractivity contribution < 1.29 is 14.7 Å². The number of primary amides is 1. The Morgan fingerprint density at radius 3 is 2.75 bits per heavy atom. The first kappa shape index (κ1) is 15.2. The SMILES string of the molecule is CC(CCO)CNC(=O)CCSCC(N)=O. The van der Waals surface area contributed by atoms with Crippen LogP contribution in [0.2, 0.25) is 0 Å². The van der Waals surface area contributed by atoms with E-state index in [2.05, 4.69) is 5.32 Å². The summed E-state index contributed by atoms with van der Waals surface area (Å²) < 4.78 is 0. The van der Waals surface area contributed by atoms with Gasteiger partial charge in [0.1, 0.15) is 0 Å². The van der Waals surface area contributed by atoms with Crippen molar-refractivity contribution in [2.45, 2.75) is 19.8 Å². The summed E-state index contributed by atoms with van der Waals surface area (Å²) in [6.07, 6.45) is 1.08. The monoisotopic (exact) mass is 248 g/mol. The summed E-state index contributed by atoms with van der Waals surface area (Å²) in [6.45, 7) is 2.70. The molecule has 16 heavy (non-hydrogen) atoms. The van der Waals surface area contributed by atoms with Crippen molar-refractivity contribution in [2.24, 2.45) is 11.7 Å². The highest BCUT2D eigenvalue weighted by molar-refractivity contribution is 7.99. The Hall–Kier alpha value is -0.750. The van der Waals surface area contributed by atoms with Crippen molar-refractivity contribution in [1.82, 2.24) is 5.32 Å². The van der Waals surface area contributed by atoms with Gasteiger partial charge in [0.15, 0.2) is 0 Å². The molecular weight excluding hydrogens is 228 g/mol. The van der Waals surface area contributed by atoms with Crippen LogP contribution in [0.5, 0.6) is 0 Å². The third-order valence-electron chi connectivity index (χ3n) is 1.99. The molecule has 0 aromatic heterocycles. The largest absolute Gasteiger partial charge is 0.396 e. The molecule has 2 amide bonds. The maximum absolute atomic E-state index is 11.3. The Bertz CT molecular complexity index is 224. The maximum Gasteiger partial charge on any atom is 0.227 e. The lowest BCUT2D eigenvalue weighted by Gasteiger charge is -2.10. The fourth-order valence-electron chi connectivity index (χ4n) is 1.04. The zero-order chi connectivity index (χ0) is 12.4. The number of hydrogen-bond acceptors (Lipinski definition) is 4. The molecule has 0 aliphatic carbocycles. The quantitative estimate of drug-likeness (QED) is 0.490. The molecular formula is C10H20N2O3S. The molecule has 0 rings (SSSR count). The van der Waals surface area contributed by atoms with E-state index in [-0.39, 0.29) is 30.1 Å². The van der Waals surface area contributed by atoms with Gasteiger partial charge in [0.05, 0.1) is 5.75 Å². The van der Waals surface area contributed by atoms with Gasteiger partial charge in [0.2, 0.25) is 11.8 Å². The number of amides is 2. The third-order valence-corrected chi connectivity index (χ3v) is 2.97. The van der Waals surface area contributed by atoms with E-state index in [0.717, 1.165) is 0 Å². The Morgan fingerprint density at radius 1 is 1.50 bits per heavy atom. The minimum Gasteiger partial charge on any atom is -0.396 e. The highest BCUT2D eigenvalue weighted by Crippen LogP contribution is 2.02. The molecule has 0 heterocycles. The molecule has 0 aromatic rings. The zero-order valence-electron chi connectivity index (χ0n) is 9.57. The van der Waals surface area contributed by atoms with Gasteiger partial charge >= 0.3 is 0 Å². The van der Waals surface area contributed by atoms with Crippen LogP contribution < -0.4 is 11.1 Å². The molecule has 0 aromatic carbocycles. The van der Waals surface area contributed by atoms with Gasteiger partial charge < -0.3 is 16.2 Å². The Morgan fingerprint density at radius 2 is 2.19 bits per heavy atom. The van der Waals surface area contributed by atoms with Crippen LogP contribution >= 0.6 is 11.8 Å². The Balaban J connectivity index is 3.41. The van der Waals surface area contributed by atoms with Crippen LogP contribution in [0.4, 0.5) is 0 Å². The average molecular weight is 248 g/mol. The summed E-state index contributed by atoms with van der Waals surface area (Å²) in [6, 6.07) is 0. The van der Waals surface area contributed by atoms with Crippen LogP contribution in [0.1, 0.15) is 19.8 Å². The van der Waals surface area contributed by atoms with E-state index >= 15 is 0 Å². The molecule has 5 nitrogen and oxygen atoms in total. The second kappa shape index (κ2) is 9.47. The van der Waals surface area contributed by atoms with E-state index in [1.165, 1.54) is 11.8 Å². The van der Waals surface area contributed by atoms with Crippen LogP contribution in [0.25, 0.3) is 0 Å². The molecule has 0 bridgehead atoms. The lowest BCUT2D eigenvalue weighted by atomic mass is 10.1. The van der Waals surface area contributed by atoms with Gasteiger partial charge in [-0.25, -0.2) is 0 Å². The van der Waals surface area contributed by atoms with E-state index < -0.39 is 0 Å². The second-order valence-corrected chi connectivity index (χ2v) is 4.80. The van der Waals surface area contributed by atoms with Gasteiger partial charge in [0.25, 0.3) is 0 Å². The first-order valence-electron chi connectivity index (χ1n) is 5.30. The first-order chi connectivity index (χ1) is 7.56. The third kappa shape index (κ3) is 9.79. The van der Waals surface area contributed by atoms with Crippen LogP contribution in [0, 0.1) is 5.92 Å². The van der Waals surface area contributed by atoms with Crippen LogP contribution in [-0.4, -0.2) is 41.6 Å². The summed E-state index contributed by atoms with van der Waals surface area (Å²) in [5, 5.41) is 11.4. The number of aliphatic hydroxyl groups excluding tert-OH is 1. The number of hydrogen-bond donors (Lipinski definition) is 3. The first-order valence-corrected chi connectivity index (χ1v) is 6.45. The molecule has 1 atom stereocenters. The van der Waals surface area contributed by atoms with E-state index in [0.29, 0.717) is 25.1 Å². The number of nitrogens with two attached hydrogens (primary N) is 1. The summed E-state index contributed by atoms with van der Waals surface area (Å²) in [7, 11) is 0. The van der Waals surface area contributed by atoms with Gasteiger partial charge in [-0.1, -0.05) is 6.92 Å². The number of carbonyl (C=O) groups is 2. The fourth-order valence-corrected chi connectivity index (χ4v) is 1.71. The van der Waals surface area contributed by atoms with E-state index in [9.17, 15) is 9.59 Å². The lowest BCUT2D eigenvalue weighted by molar-refractivity contribution is -0.121. The molecule has 4 N–H and O–H groups in total. The van der Waals surface area contributed by atoms with Crippen molar-refractivity contribution in [3.63, 3.8) is 0 Å².